The molecule has 4 nitrogen and oxygen atoms in total. The monoisotopic (exact) mass is 342 g/mol. The van der Waals surface area contributed by atoms with Gasteiger partial charge in [0.15, 0.2) is 0 Å². The van der Waals surface area contributed by atoms with Gasteiger partial charge >= 0.3 is 0 Å². The summed E-state index contributed by atoms with van der Waals surface area (Å²) in [5.74, 6) is 0.0109. The molecule has 4 rings (SSSR count). The summed E-state index contributed by atoms with van der Waals surface area (Å²) in [4.78, 5) is 13.1. The minimum atomic E-state index is -0.404. The van der Waals surface area contributed by atoms with Gasteiger partial charge in [0.05, 0.1) is 5.70 Å². The molecule has 3 aromatic rings. The van der Waals surface area contributed by atoms with E-state index in [0.29, 0.717) is 11.1 Å². The summed E-state index contributed by atoms with van der Waals surface area (Å²) in [6.45, 7) is 0. The molecule has 1 aliphatic rings. The molecule has 3 aromatic carbocycles. The quantitative estimate of drug-likeness (QED) is 0.752. The molecule has 0 aromatic heterocycles. The zero-order valence-corrected chi connectivity index (χ0v) is 14.0. The van der Waals surface area contributed by atoms with Crippen LogP contribution >= 0.6 is 0 Å². The molecule has 4 heteroatoms. The number of aromatic hydroxyl groups is 1. The third-order valence-corrected chi connectivity index (χ3v) is 4.42. The molecule has 1 heterocycles. The highest BCUT2D eigenvalue weighted by atomic mass is 16.3. The summed E-state index contributed by atoms with van der Waals surface area (Å²) >= 11 is 0. The van der Waals surface area contributed by atoms with E-state index >= 15 is 0 Å². The fourth-order valence-corrected chi connectivity index (χ4v) is 3.11. The van der Waals surface area contributed by atoms with Crippen molar-refractivity contribution in [3.8, 4) is 5.75 Å². The molecule has 0 bridgehead atoms. The average Bonchev–Trinajstić information content (AvgIpc) is 3.14. The number of carbonyl (C=O) groups is 1. The summed E-state index contributed by atoms with van der Waals surface area (Å²) in [7, 11) is 0. The molecule has 0 radical (unpaired) electrons. The SMILES string of the molecule is O=C(c1ccccc1)N1NC(c2ccccc2)=C[C@@H]1c1ccccc1O. The second kappa shape index (κ2) is 6.76. The lowest BCUT2D eigenvalue weighted by molar-refractivity contribution is 0.0671. The number of benzene rings is 3. The number of amides is 1. The molecule has 26 heavy (non-hydrogen) atoms. The average molecular weight is 342 g/mol. The molecule has 0 fully saturated rings. The fraction of sp³-hybridized carbons (Fsp3) is 0.0455. The Morgan fingerprint density at radius 2 is 1.46 bits per heavy atom. The van der Waals surface area contributed by atoms with Crippen molar-refractivity contribution >= 4 is 11.6 Å². The first-order valence-corrected chi connectivity index (χ1v) is 8.44. The maximum absolute atomic E-state index is 13.1. The maximum atomic E-state index is 13.1. The molecule has 0 saturated heterocycles. The minimum Gasteiger partial charge on any atom is -0.508 e. The Bertz CT molecular complexity index is 952. The number of para-hydroxylation sites is 1. The molecule has 1 atom stereocenters. The number of nitrogens with one attached hydrogen (secondary N) is 1. The summed E-state index contributed by atoms with van der Waals surface area (Å²) < 4.78 is 0. The summed E-state index contributed by atoms with van der Waals surface area (Å²) in [5, 5.41) is 11.9. The van der Waals surface area contributed by atoms with Gasteiger partial charge in [-0.05, 0) is 29.8 Å². The van der Waals surface area contributed by atoms with E-state index in [1.807, 2.05) is 66.7 Å². The van der Waals surface area contributed by atoms with E-state index in [4.69, 9.17) is 0 Å². The smallest absolute Gasteiger partial charge is 0.273 e. The highest BCUT2D eigenvalue weighted by molar-refractivity contribution is 5.95. The summed E-state index contributed by atoms with van der Waals surface area (Å²) in [5.41, 5.74) is 6.30. The van der Waals surface area contributed by atoms with E-state index in [0.717, 1.165) is 11.3 Å². The van der Waals surface area contributed by atoms with Crippen LogP contribution in [0, 0.1) is 0 Å². The van der Waals surface area contributed by atoms with Gasteiger partial charge in [0.2, 0.25) is 0 Å². The van der Waals surface area contributed by atoms with Crippen LogP contribution in [0.1, 0.15) is 27.5 Å². The lowest BCUT2D eigenvalue weighted by Gasteiger charge is -2.26. The molecule has 0 saturated carbocycles. The molecule has 0 unspecified atom stereocenters. The van der Waals surface area contributed by atoms with E-state index in [-0.39, 0.29) is 11.7 Å². The number of hydrogen-bond acceptors (Lipinski definition) is 3. The zero-order valence-electron chi connectivity index (χ0n) is 14.0. The van der Waals surface area contributed by atoms with Gasteiger partial charge in [-0.1, -0.05) is 66.7 Å². The second-order valence-corrected chi connectivity index (χ2v) is 6.10. The highest BCUT2D eigenvalue weighted by Gasteiger charge is 2.32. The van der Waals surface area contributed by atoms with Crippen LogP contribution < -0.4 is 5.43 Å². The normalized spacial score (nSPS) is 16.1. The lowest BCUT2D eigenvalue weighted by Crippen LogP contribution is -2.39. The Morgan fingerprint density at radius 1 is 0.846 bits per heavy atom. The van der Waals surface area contributed by atoms with E-state index in [2.05, 4.69) is 5.43 Å². The van der Waals surface area contributed by atoms with Crippen LogP contribution in [-0.2, 0) is 0 Å². The minimum absolute atomic E-state index is 0.152. The van der Waals surface area contributed by atoms with Crippen LogP contribution in [0.4, 0.5) is 0 Å². The van der Waals surface area contributed by atoms with Crippen molar-refractivity contribution in [3.63, 3.8) is 0 Å². The van der Waals surface area contributed by atoms with Gasteiger partial charge in [0.25, 0.3) is 5.91 Å². The van der Waals surface area contributed by atoms with E-state index in [1.165, 1.54) is 0 Å². The number of rotatable bonds is 3. The molecule has 0 aliphatic carbocycles. The Balaban J connectivity index is 1.75. The number of hydrazine groups is 1. The Morgan fingerprint density at radius 3 is 2.15 bits per heavy atom. The van der Waals surface area contributed by atoms with Crippen LogP contribution in [0.3, 0.4) is 0 Å². The Hall–Kier alpha value is -3.53. The predicted molar refractivity (Wildman–Crippen MR) is 101 cm³/mol. The van der Waals surface area contributed by atoms with E-state index in [1.54, 1.807) is 29.3 Å². The second-order valence-electron chi connectivity index (χ2n) is 6.10. The van der Waals surface area contributed by atoms with Crippen molar-refractivity contribution in [3.05, 3.63) is 108 Å². The summed E-state index contributed by atoms with van der Waals surface area (Å²) in [6, 6.07) is 25.6. The standard InChI is InChI=1S/C22H18N2O2/c25-21-14-8-7-13-18(21)20-15-19(16-9-3-1-4-10-16)23-24(20)22(26)17-11-5-2-6-12-17/h1-15,20,23,25H/t20-/m1/s1. The van der Waals surface area contributed by atoms with Crippen molar-refractivity contribution < 1.29 is 9.90 Å². The fourth-order valence-electron chi connectivity index (χ4n) is 3.11. The number of phenolic OH excluding ortho intramolecular Hbond substituents is 1. The Labute approximate surface area is 152 Å². The molecule has 1 amide bonds. The largest absolute Gasteiger partial charge is 0.508 e. The molecule has 1 aliphatic heterocycles. The number of carbonyl (C=O) groups excluding carboxylic acids is 1. The van der Waals surface area contributed by atoms with Crippen molar-refractivity contribution in [2.45, 2.75) is 6.04 Å². The van der Waals surface area contributed by atoms with Crippen LogP contribution in [0.2, 0.25) is 0 Å². The van der Waals surface area contributed by atoms with E-state index < -0.39 is 6.04 Å². The van der Waals surface area contributed by atoms with Crippen LogP contribution in [0.15, 0.2) is 91.0 Å². The van der Waals surface area contributed by atoms with Crippen molar-refractivity contribution in [1.82, 2.24) is 10.4 Å². The number of nitrogens with zero attached hydrogens (tertiary/aromatic N) is 1. The first-order valence-electron chi connectivity index (χ1n) is 8.44. The molecular formula is C22H18N2O2. The lowest BCUT2D eigenvalue weighted by atomic mass is 10.0. The van der Waals surface area contributed by atoms with Gasteiger partial charge < -0.3 is 5.11 Å². The highest BCUT2D eigenvalue weighted by Crippen LogP contribution is 2.36. The summed E-state index contributed by atoms with van der Waals surface area (Å²) in [6.07, 6.45) is 1.96. The third-order valence-electron chi connectivity index (χ3n) is 4.42. The van der Waals surface area contributed by atoms with Crippen LogP contribution in [-0.4, -0.2) is 16.0 Å². The van der Waals surface area contributed by atoms with Gasteiger partial charge in [-0.2, -0.15) is 0 Å². The first kappa shape index (κ1) is 16.0. The van der Waals surface area contributed by atoms with Crippen LogP contribution in [0.25, 0.3) is 5.70 Å². The molecule has 128 valence electrons. The van der Waals surface area contributed by atoms with Gasteiger partial charge in [-0.3, -0.25) is 10.2 Å². The van der Waals surface area contributed by atoms with Gasteiger partial charge in [0.1, 0.15) is 11.8 Å². The third kappa shape index (κ3) is 2.93. The van der Waals surface area contributed by atoms with Crippen molar-refractivity contribution in [2.75, 3.05) is 0 Å². The predicted octanol–water partition coefficient (Wildman–Crippen LogP) is 4.14. The van der Waals surface area contributed by atoms with Crippen molar-refractivity contribution in [1.29, 1.82) is 0 Å². The zero-order chi connectivity index (χ0) is 17.9. The van der Waals surface area contributed by atoms with Gasteiger partial charge in [-0.25, -0.2) is 5.01 Å². The van der Waals surface area contributed by atoms with E-state index in [9.17, 15) is 9.90 Å². The van der Waals surface area contributed by atoms with Gasteiger partial charge in [-0.15, -0.1) is 0 Å². The number of phenols is 1. The first-order chi connectivity index (χ1) is 12.7. The van der Waals surface area contributed by atoms with Crippen molar-refractivity contribution in [2.24, 2.45) is 0 Å². The maximum Gasteiger partial charge on any atom is 0.273 e. The van der Waals surface area contributed by atoms with Gasteiger partial charge in [0, 0.05) is 11.1 Å². The molecule has 0 spiro atoms. The Kier molecular flexibility index (Phi) is 4.15. The topological polar surface area (TPSA) is 52.6 Å². The molecule has 2 N–H and O–H groups in total. The molecular weight excluding hydrogens is 324 g/mol. The van der Waals surface area contributed by atoms with Crippen LogP contribution in [0.5, 0.6) is 5.75 Å². The number of hydrogen-bond donors (Lipinski definition) is 2.